The van der Waals surface area contributed by atoms with Crippen molar-refractivity contribution in [2.24, 2.45) is 0 Å². The van der Waals surface area contributed by atoms with Gasteiger partial charge in [-0.05, 0) is 43.9 Å². The average molecular weight is 276 g/mol. The molecule has 1 rings (SSSR count). The number of rotatable bonds is 7. The van der Waals surface area contributed by atoms with E-state index in [1.165, 1.54) is 5.56 Å². The second-order valence-corrected chi connectivity index (χ2v) is 5.84. The Bertz CT molecular complexity index is 429. The molecular weight excluding hydrogens is 248 g/mol. The van der Waals surface area contributed by atoms with Gasteiger partial charge in [0.25, 0.3) is 0 Å². The molecule has 0 spiro atoms. The van der Waals surface area contributed by atoms with Crippen molar-refractivity contribution >= 4 is 11.6 Å². The number of hydrogen-bond donors (Lipinski definition) is 2. The minimum absolute atomic E-state index is 0.0564. The number of hydrogen-bond acceptors (Lipinski definition) is 2. The fourth-order valence-electron chi connectivity index (χ4n) is 2.18. The molecule has 2 N–H and O–H groups in total. The monoisotopic (exact) mass is 276 g/mol. The molecule has 1 aromatic rings. The van der Waals surface area contributed by atoms with Gasteiger partial charge in [-0.2, -0.15) is 0 Å². The zero-order valence-electron chi connectivity index (χ0n) is 13.4. The number of carbonyl (C=O) groups is 1. The molecule has 1 amide bonds. The molecule has 0 aliphatic heterocycles. The van der Waals surface area contributed by atoms with Crippen molar-refractivity contribution in [3.63, 3.8) is 0 Å². The first-order valence-electron chi connectivity index (χ1n) is 7.60. The van der Waals surface area contributed by atoms with Gasteiger partial charge >= 0.3 is 0 Å². The largest absolute Gasteiger partial charge is 0.374 e. The lowest BCUT2D eigenvalue weighted by molar-refractivity contribution is -0.122. The van der Waals surface area contributed by atoms with E-state index in [4.69, 9.17) is 0 Å². The third-order valence-electron chi connectivity index (χ3n) is 3.44. The summed E-state index contributed by atoms with van der Waals surface area (Å²) in [7, 11) is 0. The SMILES string of the molecule is CCCC(C)NC(=O)C(C)Nc1cccc(C(C)C)c1. The van der Waals surface area contributed by atoms with Crippen LogP contribution in [0.15, 0.2) is 24.3 Å². The van der Waals surface area contributed by atoms with Crippen LogP contribution in [0.25, 0.3) is 0 Å². The first-order valence-corrected chi connectivity index (χ1v) is 7.60. The highest BCUT2D eigenvalue weighted by atomic mass is 16.2. The number of carbonyl (C=O) groups excluding carboxylic acids is 1. The molecule has 0 saturated carbocycles. The van der Waals surface area contributed by atoms with Gasteiger partial charge in [0, 0.05) is 11.7 Å². The molecule has 3 heteroatoms. The first kappa shape index (κ1) is 16.5. The van der Waals surface area contributed by atoms with Crippen molar-refractivity contribution in [1.29, 1.82) is 0 Å². The first-order chi connectivity index (χ1) is 9.43. The number of amides is 1. The summed E-state index contributed by atoms with van der Waals surface area (Å²) in [6.45, 7) is 10.4. The Morgan fingerprint density at radius 2 is 1.90 bits per heavy atom. The van der Waals surface area contributed by atoms with Crippen molar-refractivity contribution in [2.45, 2.75) is 65.5 Å². The number of nitrogens with one attached hydrogen (secondary N) is 2. The second-order valence-electron chi connectivity index (χ2n) is 5.84. The lowest BCUT2D eigenvalue weighted by atomic mass is 10.0. The summed E-state index contributed by atoms with van der Waals surface area (Å²) in [6.07, 6.45) is 2.10. The molecule has 0 aliphatic rings. The molecule has 3 nitrogen and oxygen atoms in total. The van der Waals surface area contributed by atoms with Crippen LogP contribution in [0.3, 0.4) is 0 Å². The fourth-order valence-corrected chi connectivity index (χ4v) is 2.18. The van der Waals surface area contributed by atoms with E-state index in [0.29, 0.717) is 5.92 Å². The molecule has 0 fully saturated rings. The van der Waals surface area contributed by atoms with E-state index in [1.54, 1.807) is 0 Å². The van der Waals surface area contributed by atoms with Crippen LogP contribution in [-0.4, -0.2) is 18.0 Å². The highest BCUT2D eigenvalue weighted by molar-refractivity contribution is 5.84. The molecule has 0 aliphatic carbocycles. The molecule has 2 atom stereocenters. The van der Waals surface area contributed by atoms with Crippen LogP contribution in [0.1, 0.15) is 58.9 Å². The summed E-state index contributed by atoms with van der Waals surface area (Å²) in [5.41, 5.74) is 2.28. The predicted octanol–water partition coefficient (Wildman–Crippen LogP) is 3.92. The van der Waals surface area contributed by atoms with E-state index in [0.717, 1.165) is 18.5 Å². The van der Waals surface area contributed by atoms with Crippen LogP contribution in [0.2, 0.25) is 0 Å². The van der Waals surface area contributed by atoms with Crippen LogP contribution in [0.4, 0.5) is 5.69 Å². The van der Waals surface area contributed by atoms with Crippen molar-refractivity contribution in [3.05, 3.63) is 29.8 Å². The topological polar surface area (TPSA) is 41.1 Å². The standard InChI is InChI=1S/C17H28N2O/c1-6-8-13(4)18-17(20)14(5)19-16-10-7-9-15(11-16)12(2)3/h7,9-14,19H,6,8H2,1-5H3,(H,18,20). The smallest absolute Gasteiger partial charge is 0.242 e. The molecule has 2 unspecified atom stereocenters. The van der Waals surface area contributed by atoms with Crippen LogP contribution in [0.5, 0.6) is 0 Å². The molecule has 0 bridgehead atoms. The second kappa shape index (κ2) is 7.93. The van der Waals surface area contributed by atoms with Crippen LogP contribution >= 0.6 is 0 Å². The lowest BCUT2D eigenvalue weighted by Crippen LogP contribution is -2.42. The highest BCUT2D eigenvalue weighted by Crippen LogP contribution is 2.19. The summed E-state index contributed by atoms with van der Waals surface area (Å²) in [4.78, 5) is 12.1. The minimum atomic E-state index is -0.225. The van der Waals surface area contributed by atoms with E-state index in [-0.39, 0.29) is 18.0 Å². The third kappa shape index (κ3) is 5.24. The van der Waals surface area contributed by atoms with E-state index in [9.17, 15) is 4.79 Å². The Morgan fingerprint density at radius 1 is 1.20 bits per heavy atom. The maximum absolute atomic E-state index is 12.1. The summed E-state index contributed by atoms with van der Waals surface area (Å²) in [6, 6.07) is 8.27. The van der Waals surface area contributed by atoms with Crippen molar-refractivity contribution in [3.8, 4) is 0 Å². The Kier molecular flexibility index (Phi) is 6.56. The minimum Gasteiger partial charge on any atom is -0.374 e. The molecule has 0 aromatic heterocycles. The summed E-state index contributed by atoms with van der Waals surface area (Å²) >= 11 is 0. The van der Waals surface area contributed by atoms with Crippen molar-refractivity contribution in [2.75, 3.05) is 5.32 Å². The Morgan fingerprint density at radius 3 is 2.50 bits per heavy atom. The van der Waals surface area contributed by atoms with Gasteiger partial charge in [-0.15, -0.1) is 0 Å². The summed E-state index contributed by atoms with van der Waals surface area (Å²) in [5, 5.41) is 6.31. The zero-order valence-corrected chi connectivity index (χ0v) is 13.4. The number of anilines is 1. The van der Waals surface area contributed by atoms with Crippen molar-refractivity contribution in [1.82, 2.24) is 5.32 Å². The molecule has 0 radical (unpaired) electrons. The van der Waals surface area contributed by atoms with Crippen molar-refractivity contribution < 1.29 is 4.79 Å². The molecule has 0 heterocycles. The molecule has 20 heavy (non-hydrogen) atoms. The Hall–Kier alpha value is -1.51. The highest BCUT2D eigenvalue weighted by Gasteiger charge is 2.14. The predicted molar refractivity (Wildman–Crippen MR) is 86.1 cm³/mol. The summed E-state index contributed by atoms with van der Waals surface area (Å²) < 4.78 is 0. The van der Waals surface area contributed by atoms with E-state index < -0.39 is 0 Å². The van der Waals surface area contributed by atoms with Gasteiger partial charge in [0.1, 0.15) is 6.04 Å². The van der Waals surface area contributed by atoms with E-state index in [1.807, 2.05) is 26.0 Å². The van der Waals surface area contributed by atoms with Gasteiger partial charge in [-0.3, -0.25) is 4.79 Å². The number of benzene rings is 1. The van der Waals surface area contributed by atoms with Gasteiger partial charge in [0.05, 0.1) is 0 Å². The molecule has 112 valence electrons. The molecule has 0 saturated heterocycles. The molecule has 1 aromatic carbocycles. The normalized spacial score (nSPS) is 13.9. The Balaban J connectivity index is 2.59. The average Bonchev–Trinajstić information content (AvgIpc) is 2.39. The lowest BCUT2D eigenvalue weighted by Gasteiger charge is -2.19. The maximum Gasteiger partial charge on any atom is 0.242 e. The quantitative estimate of drug-likeness (QED) is 0.792. The zero-order chi connectivity index (χ0) is 15.1. The Labute approximate surface area is 123 Å². The van der Waals surface area contributed by atoms with E-state index in [2.05, 4.69) is 43.5 Å². The van der Waals surface area contributed by atoms with Gasteiger partial charge in [0.15, 0.2) is 0 Å². The van der Waals surface area contributed by atoms with Gasteiger partial charge in [0.2, 0.25) is 5.91 Å². The van der Waals surface area contributed by atoms with Gasteiger partial charge < -0.3 is 10.6 Å². The van der Waals surface area contributed by atoms with Gasteiger partial charge in [-0.25, -0.2) is 0 Å². The maximum atomic E-state index is 12.1. The fraction of sp³-hybridized carbons (Fsp3) is 0.588. The van der Waals surface area contributed by atoms with Crippen LogP contribution < -0.4 is 10.6 Å². The van der Waals surface area contributed by atoms with Crippen LogP contribution in [0, 0.1) is 0 Å². The third-order valence-corrected chi connectivity index (χ3v) is 3.44. The molecular formula is C17H28N2O. The van der Waals surface area contributed by atoms with Gasteiger partial charge in [-0.1, -0.05) is 39.3 Å². The van der Waals surface area contributed by atoms with E-state index >= 15 is 0 Å². The van der Waals surface area contributed by atoms with Crippen LogP contribution in [-0.2, 0) is 4.79 Å². The summed E-state index contributed by atoms with van der Waals surface area (Å²) in [5.74, 6) is 0.548.